The van der Waals surface area contributed by atoms with Gasteiger partial charge in [0.05, 0.1) is 11.3 Å². The number of hydrogen-bond acceptors (Lipinski definition) is 4. The van der Waals surface area contributed by atoms with Gasteiger partial charge in [0.2, 0.25) is 5.91 Å². The van der Waals surface area contributed by atoms with E-state index < -0.39 is 0 Å². The van der Waals surface area contributed by atoms with E-state index in [1.165, 1.54) is 0 Å². The van der Waals surface area contributed by atoms with E-state index in [2.05, 4.69) is 10.3 Å². The van der Waals surface area contributed by atoms with Crippen LogP contribution in [0.5, 0.6) is 5.75 Å². The van der Waals surface area contributed by atoms with Gasteiger partial charge in [0.15, 0.2) is 0 Å². The zero-order chi connectivity index (χ0) is 21.8. The van der Waals surface area contributed by atoms with Crippen LogP contribution in [0.15, 0.2) is 48.8 Å². The summed E-state index contributed by atoms with van der Waals surface area (Å²) in [4.78, 5) is 31.4. The summed E-state index contributed by atoms with van der Waals surface area (Å²) in [6, 6.07) is 11.3. The fraction of sp³-hybridized carbons (Fsp3) is 0.375. The third-order valence-electron chi connectivity index (χ3n) is 5.62. The van der Waals surface area contributed by atoms with Gasteiger partial charge in [-0.3, -0.25) is 9.59 Å². The van der Waals surface area contributed by atoms with Crippen LogP contribution in [-0.2, 0) is 11.4 Å². The summed E-state index contributed by atoms with van der Waals surface area (Å²) in [5.41, 5.74) is 3.33. The molecule has 3 heterocycles. The lowest BCUT2D eigenvalue weighted by molar-refractivity contribution is -0.121. The summed E-state index contributed by atoms with van der Waals surface area (Å²) in [6.07, 6.45) is 6.10. The number of carbonyl (C=O) groups is 2. The number of para-hydroxylation sites is 1. The smallest absolute Gasteiger partial charge is 0.257 e. The van der Waals surface area contributed by atoms with Gasteiger partial charge in [-0.15, -0.1) is 0 Å². The number of fused-ring (bicyclic) bond motifs is 1. The van der Waals surface area contributed by atoms with Gasteiger partial charge < -0.3 is 19.4 Å². The van der Waals surface area contributed by atoms with Gasteiger partial charge in [-0.05, 0) is 43.5 Å². The van der Waals surface area contributed by atoms with Crippen LogP contribution in [0.2, 0.25) is 0 Å². The first-order valence-electron chi connectivity index (χ1n) is 10.8. The maximum atomic E-state index is 13.2. The number of aromatic nitrogens is 2. The van der Waals surface area contributed by atoms with Gasteiger partial charge in [0, 0.05) is 37.9 Å². The Bertz CT molecular complexity index is 1090. The van der Waals surface area contributed by atoms with Gasteiger partial charge in [-0.1, -0.05) is 25.1 Å². The second-order valence-corrected chi connectivity index (χ2v) is 7.95. The van der Waals surface area contributed by atoms with Gasteiger partial charge in [-0.25, -0.2) is 4.98 Å². The van der Waals surface area contributed by atoms with Crippen LogP contribution in [0, 0.1) is 6.92 Å². The van der Waals surface area contributed by atoms with Crippen molar-refractivity contribution in [3.8, 4) is 5.75 Å². The molecular formula is C24H28N4O3. The summed E-state index contributed by atoms with van der Waals surface area (Å²) in [5.74, 6) is 0.489. The van der Waals surface area contributed by atoms with Crippen LogP contribution in [0.4, 0.5) is 0 Å². The lowest BCUT2D eigenvalue weighted by Crippen LogP contribution is -2.49. The molecule has 1 aromatic carbocycles. The number of hydrogen-bond donors (Lipinski definition) is 1. The molecule has 1 N–H and O–H groups in total. The van der Waals surface area contributed by atoms with E-state index in [1.54, 1.807) is 11.0 Å². The zero-order valence-corrected chi connectivity index (χ0v) is 18.0. The molecule has 1 saturated heterocycles. The van der Waals surface area contributed by atoms with Crippen LogP contribution >= 0.6 is 0 Å². The number of likely N-dealkylation sites (tertiary alicyclic amines) is 1. The van der Waals surface area contributed by atoms with Crippen molar-refractivity contribution in [2.75, 3.05) is 13.1 Å². The lowest BCUT2D eigenvalue weighted by atomic mass is 10.0. The van der Waals surface area contributed by atoms with Crippen molar-refractivity contribution in [3.05, 3.63) is 65.6 Å². The average Bonchev–Trinajstić information content (AvgIpc) is 3.22. The quantitative estimate of drug-likeness (QED) is 0.664. The van der Waals surface area contributed by atoms with E-state index in [9.17, 15) is 9.59 Å². The Hall–Kier alpha value is -3.35. The molecule has 0 spiro atoms. The van der Waals surface area contributed by atoms with Crippen molar-refractivity contribution >= 4 is 17.5 Å². The number of imidazole rings is 1. The number of nitrogens with one attached hydrogen (secondary N) is 1. The maximum Gasteiger partial charge on any atom is 0.257 e. The van der Waals surface area contributed by atoms with Crippen molar-refractivity contribution in [3.63, 3.8) is 0 Å². The van der Waals surface area contributed by atoms with E-state index in [1.807, 2.05) is 61.0 Å². The monoisotopic (exact) mass is 420 g/mol. The number of piperidine rings is 1. The molecule has 7 heteroatoms. The highest BCUT2D eigenvalue weighted by Crippen LogP contribution is 2.23. The molecule has 4 rings (SSSR count). The number of benzene rings is 1. The van der Waals surface area contributed by atoms with Gasteiger partial charge >= 0.3 is 0 Å². The first-order chi connectivity index (χ1) is 15.0. The highest BCUT2D eigenvalue weighted by atomic mass is 16.5. The molecular weight excluding hydrogens is 392 g/mol. The van der Waals surface area contributed by atoms with Crippen molar-refractivity contribution in [1.82, 2.24) is 19.6 Å². The number of nitrogens with zero attached hydrogens (tertiary/aromatic N) is 3. The van der Waals surface area contributed by atoms with E-state index in [0.29, 0.717) is 30.8 Å². The summed E-state index contributed by atoms with van der Waals surface area (Å²) < 4.78 is 8.00. The predicted molar refractivity (Wildman–Crippen MR) is 118 cm³/mol. The Morgan fingerprint density at radius 3 is 2.87 bits per heavy atom. The molecule has 2 aromatic heterocycles. The lowest BCUT2D eigenvalue weighted by Gasteiger charge is -2.33. The third kappa shape index (κ3) is 4.71. The maximum absolute atomic E-state index is 13.2. The van der Waals surface area contributed by atoms with E-state index in [4.69, 9.17) is 4.74 Å². The van der Waals surface area contributed by atoms with Crippen LogP contribution < -0.4 is 10.1 Å². The van der Waals surface area contributed by atoms with Crippen LogP contribution in [-0.4, -0.2) is 45.2 Å². The standard InChI is InChI=1S/C24H28N4O3/c1-3-22(29)25-18-9-7-13-28(14-18)24(30)20-10-4-5-11-21(20)31-16-19-15-27-12-6-8-17(2)23(27)26-19/h4-6,8,10-12,15,18H,3,7,9,13-14,16H2,1-2H3,(H,25,29). The molecule has 0 bridgehead atoms. The Labute approximate surface area is 182 Å². The molecule has 0 radical (unpaired) electrons. The molecule has 1 aliphatic heterocycles. The number of carbonyl (C=O) groups excluding carboxylic acids is 2. The Kier molecular flexibility index (Phi) is 6.21. The molecule has 0 saturated carbocycles. The highest BCUT2D eigenvalue weighted by Gasteiger charge is 2.27. The van der Waals surface area contributed by atoms with Crippen molar-refractivity contribution < 1.29 is 14.3 Å². The first kappa shape index (κ1) is 20.9. The SMILES string of the molecule is CCC(=O)NC1CCCN(C(=O)c2ccccc2OCc2cn3cccc(C)c3n2)C1. The minimum absolute atomic E-state index is 0.000515. The summed E-state index contributed by atoms with van der Waals surface area (Å²) in [7, 11) is 0. The van der Waals surface area contributed by atoms with Gasteiger partial charge in [0.1, 0.15) is 18.0 Å². The second-order valence-electron chi connectivity index (χ2n) is 7.95. The average molecular weight is 421 g/mol. The molecule has 1 aliphatic rings. The molecule has 3 aromatic rings. The third-order valence-corrected chi connectivity index (χ3v) is 5.62. The summed E-state index contributed by atoms with van der Waals surface area (Å²) in [5, 5.41) is 3.01. The molecule has 162 valence electrons. The normalized spacial score (nSPS) is 16.3. The summed E-state index contributed by atoms with van der Waals surface area (Å²) in [6.45, 7) is 5.33. The number of rotatable bonds is 6. The fourth-order valence-corrected chi connectivity index (χ4v) is 3.97. The molecule has 1 unspecified atom stereocenters. The fourth-order valence-electron chi connectivity index (χ4n) is 3.97. The Morgan fingerprint density at radius 1 is 1.23 bits per heavy atom. The topological polar surface area (TPSA) is 75.9 Å². The molecule has 0 aliphatic carbocycles. The van der Waals surface area contributed by atoms with Crippen molar-refractivity contribution in [1.29, 1.82) is 0 Å². The van der Waals surface area contributed by atoms with Gasteiger partial charge in [-0.2, -0.15) is 0 Å². The van der Waals surface area contributed by atoms with E-state index in [-0.39, 0.29) is 24.5 Å². The Morgan fingerprint density at radius 2 is 2.06 bits per heavy atom. The number of pyridine rings is 1. The second kappa shape index (κ2) is 9.20. The number of ether oxygens (including phenoxy) is 1. The number of aryl methyl sites for hydroxylation is 1. The minimum Gasteiger partial charge on any atom is -0.486 e. The van der Waals surface area contributed by atoms with Crippen LogP contribution in [0.25, 0.3) is 5.65 Å². The predicted octanol–water partition coefficient (Wildman–Crippen LogP) is 3.35. The molecule has 2 amide bonds. The van der Waals surface area contributed by atoms with Crippen LogP contribution in [0.3, 0.4) is 0 Å². The number of amides is 2. The molecule has 1 fully saturated rings. The molecule has 1 atom stereocenters. The van der Waals surface area contributed by atoms with E-state index >= 15 is 0 Å². The van der Waals surface area contributed by atoms with Crippen molar-refractivity contribution in [2.24, 2.45) is 0 Å². The van der Waals surface area contributed by atoms with E-state index in [0.717, 1.165) is 29.7 Å². The highest BCUT2D eigenvalue weighted by molar-refractivity contribution is 5.97. The van der Waals surface area contributed by atoms with Gasteiger partial charge in [0.25, 0.3) is 5.91 Å². The first-order valence-corrected chi connectivity index (χ1v) is 10.8. The molecule has 31 heavy (non-hydrogen) atoms. The van der Waals surface area contributed by atoms with Crippen LogP contribution in [0.1, 0.15) is 47.8 Å². The van der Waals surface area contributed by atoms with Crippen molar-refractivity contribution in [2.45, 2.75) is 45.8 Å². The largest absolute Gasteiger partial charge is 0.486 e. The zero-order valence-electron chi connectivity index (χ0n) is 18.0. The Balaban J connectivity index is 1.46. The molecule has 7 nitrogen and oxygen atoms in total. The minimum atomic E-state index is -0.0723. The summed E-state index contributed by atoms with van der Waals surface area (Å²) >= 11 is 0.